The van der Waals surface area contributed by atoms with Gasteiger partial charge in [0.15, 0.2) is 11.5 Å². The minimum atomic E-state index is -0.0148. The third kappa shape index (κ3) is 4.57. The predicted octanol–water partition coefficient (Wildman–Crippen LogP) is 5.19. The number of aryl methyl sites for hydroxylation is 3. The fourth-order valence-electron chi connectivity index (χ4n) is 5.03. The summed E-state index contributed by atoms with van der Waals surface area (Å²) in [6, 6.07) is 8.15. The number of pyridine rings is 1. The summed E-state index contributed by atoms with van der Waals surface area (Å²) >= 11 is 0. The molecule has 0 fully saturated rings. The van der Waals surface area contributed by atoms with Crippen molar-refractivity contribution in [2.45, 2.75) is 78.8 Å². The topological polar surface area (TPSA) is 90.5 Å². The van der Waals surface area contributed by atoms with E-state index in [9.17, 15) is 4.79 Å². The van der Waals surface area contributed by atoms with Crippen LogP contribution in [0.5, 0.6) is 0 Å². The van der Waals surface area contributed by atoms with E-state index in [4.69, 9.17) is 4.98 Å². The monoisotopic (exact) mass is 471 g/mol. The Bertz CT molecular complexity index is 1380. The number of anilines is 1. The molecule has 0 spiro atoms. The molecule has 0 radical (unpaired) electrons. The Labute approximate surface area is 205 Å². The molecule has 0 bridgehead atoms. The lowest BCUT2D eigenvalue weighted by atomic mass is 10.0. The molecule has 1 aromatic carbocycles. The molecule has 8 heteroatoms. The van der Waals surface area contributed by atoms with Gasteiger partial charge < -0.3 is 9.88 Å². The van der Waals surface area contributed by atoms with Gasteiger partial charge in [0.05, 0.1) is 6.20 Å². The second kappa shape index (κ2) is 9.60. The maximum Gasteiger partial charge on any atom is 0.224 e. The van der Waals surface area contributed by atoms with Gasteiger partial charge in [-0.3, -0.25) is 4.79 Å². The van der Waals surface area contributed by atoms with E-state index in [1.807, 2.05) is 42.1 Å². The maximum absolute atomic E-state index is 12.9. The van der Waals surface area contributed by atoms with E-state index in [0.29, 0.717) is 12.8 Å². The number of aromatic nitrogens is 6. The lowest BCUT2D eigenvalue weighted by Crippen LogP contribution is -2.13. The summed E-state index contributed by atoms with van der Waals surface area (Å²) in [5, 5.41) is 17.5. The molecule has 0 unspecified atom stereocenters. The molecule has 1 amide bonds. The van der Waals surface area contributed by atoms with E-state index in [1.54, 1.807) is 0 Å². The third-order valence-corrected chi connectivity index (χ3v) is 6.94. The van der Waals surface area contributed by atoms with Crippen LogP contribution < -0.4 is 5.32 Å². The largest absolute Gasteiger partial charge is 0.326 e. The second-order valence-corrected chi connectivity index (χ2v) is 9.75. The normalized spacial score (nSPS) is 13.7. The average Bonchev–Trinajstić information content (AvgIpc) is 3.36. The number of fused-ring (bicyclic) bond motifs is 2. The van der Waals surface area contributed by atoms with Crippen molar-refractivity contribution in [2.75, 3.05) is 5.32 Å². The van der Waals surface area contributed by atoms with E-state index in [2.05, 4.69) is 46.0 Å². The number of nitrogens with one attached hydrogen (secondary N) is 1. The van der Waals surface area contributed by atoms with Crippen LogP contribution in [0, 0.1) is 13.8 Å². The molecule has 0 saturated heterocycles. The average molecular weight is 472 g/mol. The SMILES string of the molecule is Cc1nc2c(cnn2C(C)C)c(C)c1CCC(=O)Nc1cccc(-c2nnc3n2CCCCC3)c1. The lowest BCUT2D eigenvalue weighted by Gasteiger charge is -2.13. The molecule has 8 nitrogen and oxygen atoms in total. The van der Waals surface area contributed by atoms with Crippen molar-refractivity contribution in [1.29, 1.82) is 0 Å². The zero-order valence-corrected chi connectivity index (χ0v) is 21.0. The molecule has 182 valence electrons. The van der Waals surface area contributed by atoms with Crippen LogP contribution >= 0.6 is 0 Å². The summed E-state index contributed by atoms with van der Waals surface area (Å²) in [6.07, 6.45) is 7.41. The Kier molecular flexibility index (Phi) is 6.36. The minimum absolute atomic E-state index is 0.0148. The van der Waals surface area contributed by atoms with Crippen LogP contribution in [0.4, 0.5) is 5.69 Å². The van der Waals surface area contributed by atoms with E-state index >= 15 is 0 Å². The van der Waals surface area contributed by atoms with Crippen molar-refractivity contribution in [3.05, 3.63) is 53.1 Å². The Morgan fingerprint density at radius 1 is 1.14 bits per heavy atom. The van der Waals surface area contributed by atoms with Crippen LogP contribution in [-0.2, 0) is 24.2 Å². The predicted molar refractivity (Wildman–Crippen MR) is 137 cm³/mol. The number of hydrogen-bond donors (Lipinski definition) is 1. The van der Waals surface area contributed by atoms with Gasteiger partial charge in [0.25, 0.3) is 0 Å². The molecule has 3 aromatic heterocycles. The molecule has 1 N–H and O–H groups in total. The van der Waals surface area contributed by atoms with Crippen LogP contribution in [0.3, 0.4) is 0 Å². The minimum Gasteiger partial charge on any atom is -0.326 e. The summed E-state index contributed by atoms with van der Waals surface area (Å²) in [6.45, 7) is 9.27. The maximum atomic E-state index is 12.9. The smallest absolute Gasteiger partial charge is 0.224 e. The quantitative estimate of drug-likeness (QED) is 0.418. The van der Waals surface area contributed by atoms with Gasteiger partial charge in [-0.05, 0) is 70.2 Å². The first-order valence-corrected chi connectivity index (χ1v) is 12.6. The summed E-state index contributed by atoms with van der Waals surface area (Å²) in [5.74, 6) is 1.92. The van der Waals surface area contributed by atoms with Gasteiger partial charge in [0, 0.05) is 47.8 Å². The number of hydrogen-bond acceptors (Lipinski definition) is 5. The lowest BCUT2D eigenvalue weighted by molar-refractivity contribution is -0.116. The van der Waals surface area contributed by atoms with Crippen molar-refractivity contribution in [1.82, 2.24) is 29.5 Å². The van der Waals surface area contributed by atoms with Crippen molar-refractivity contribution < 1.29 is 4.79 Å². The van der Waals surface area contributed by atoms with Crippen molar-refractivity contribution >= 4 is 22.6 Å². The highest BCUT2D eigenvalue weighted by atomic mass is 16.1. The van der Waals surface area contributed by atoms with Crippen LogP contribution in [0.25, 0.3) is 22.4 Å². The summed E-state index contributed by atoms with van der Waals surface area (Å²) in [5.41, 5.74) is 5.90. The fourth-order valence-corrected chi connectivity index (χ4v) is 5.03. The molecule has 1 aliphatic heterocycles. The molecule has 0 atom stereocenters. The molecule has 0 saturated carbocycles. The Morgan fingerprint density at radius 2 is 2.00 bits per heavy atom. The Hall–Kier alpha value is -3.55. The Balaban J connectivity index is 1.30. The highest BCUT2D eigenvalue weighted by Gasteiger charge is 2.18. The van der Waals surface area contributed by atoms with Crippen LogP contribution in [0.1, 0.15) is 68.2 Å². The van der Waals surface area contributed by atoms with Crippen molar-refractivity contribution in [3.8, 4) is 11.4 Å². The second-order valence-electron chi connectivity index (χ2n) is 9.75. The highest BCUT2D eigenvalue weighted by Crippen LogP contribution is 2.27. The summed E-state index contributed by atoms with van der Waals surface area (Å²) < 4.78 is 4.18. The highest BCUT2D eigenvalue weighted by molar-refractivity contribution is 5.91. The van der Waals surface area contributed by atoms with Gasteiger partial charge in [-0.2, -0.15) is 5.10 Å². The summed E-state index contributed by atoms with van der Waals surface area (Å²) in [4.78, 5) is 17.7. The first-order valence-electron chi connectivity index (χ1n) is 12.6. The van der Waals surface area contributed by atoms with Crippen molar-refractivity contribution in [2.24, 2.45) is 0 Å². The summed E-state index contributed by atoms with van der Waals surface area (Å²) in [7, 11) is 0. The number of amides is 1. The van der Waals surface area contributed by atoms with Crippen LogP contribution in [0.2, 0.25) is 0 Å². The van der Waals surface area contributed by atoms with Gasteiger partial charge in [0.2, 0.25) is 5.91 Å². The van der Waals surface area contributed by atoms with Crippen LogP contribution in [0.15, 0.2) is 30.5 Å². The number of benzene rings is 1. The van der Waals surface area contributed by atoms with Gasteiger partial charge in [-0.15, -0.1) is 10.2 Å². The third-order valence-electron chi connectivity index (χ3n) is 6.94. The molecule has 4 aromatic rings. The first kappa shape index (κ1) is 23.2. The van der Waals surface area contributed by atoms with Gasteiger partial charge in [-0.25, -0.2) is 9.67 Å². The van der Waals surface area contributed by atoms with Crippen LogP contribution in [-0.4, -0.2) is 35.4 Å². The molecule has 4 heterocycles. The van der Waals surface area contributed by atoms with E-state index in [0.717, 1.165) is 76.6 Å². The number of rotatable bonds is 6. The zero-order valence-electron chi connectivity index (χ0n) is 21.0. The molecule has 1 aliphatic rings. The standard InChI is InChI=1S/C27H33N7O/c1-17(2)34-27-23(16-28-34)18(3)22(19(4)29-27)12-13-25(35)30-21-10-8-9-20(15-21)26-32-31-24-11-6-5-7-14-33(24)26/h8-10,15-17H,5-7,11-14H2,1-4H3,(H,30,35). The Morgan fingerprint density at radius 3 is 2.83 bits per heavy atom. The molecule has 35 heavy (non-hydrogen) atoms. The molecular formula is C27H33N7O. The van der Waals surface area contributed by atoms with Gasteiger partial charge >= 0.3 is 0 Å². The first-order chi connectivity index (χ1) is 16.9. The molecular weight excluding hydrogens is 438 g/mol. The van der Waals surface area contributed by atoms with E-state index in [-0.39, 0.29) is 11.9 Å². The number of carbonyl (C=O) groups is 1. The van der Waals surface area contributed by atoms with Gasteiger partial charge in [-0.1, -0.05) is 18.6 Å². The molecule has 0 aliphatic carbocycles. The van der Waals surface area contributed by atoms with E-state index < -0.39 is 0 Å². The van der Waals surface area contributed by atoms with Crippen molar-refractivity contribution in [3.63, 3.8) is 0 Å². The molecule has 5 rings (SSSR count). The zero-order chi connectivity index (χ0) is 24.5. The fraction of sp³-hybridized carbons (Fsp3) is 0.444. The van der Waals surface area contributed by atoms with E-state index in [1.165, 1.54) is 6.42 Å². The van der Waals surface area contributed by atoms with Gasteiger partial charge in [0.1, 0.15) is 5.82 Å². The number of carbonyl (C=O) groups excluding carboxylic acids is 1. The number of nitrogens with zero attached hydrogens (tertiary/aromatic N) is 6.